The zero-order valence-electron chi connectivity index (χ0n) is 15.4. The molecule has 0 aromatic heterocycles. The molecule has 1 amide bonds. The van der Waals surface area contributed by atoms with Gasteiger partial charge in [-0.2, -0.15) is 0 Å². The second-order valence-corrected chi connectivity index (χ2v) is 8.22. The molecule has 0 heterocycles. The average Bonchev–Trinajstić information content (AvgIpc) is 2.64. The van der Waals surface area contributed by atoms with Gasteiger partial charge in [-0.25, -0.2) is 17.5 Å². The minimum absolute atomic E-state index is 0.00763. The van der Waals surface area contributed by atoms with Crippen LogP contribution in [-0.2, 0) is 27.7 Å². The lowest BCUT2D eigenvalue weighted by Gasteiger charge is -2.21. The second-order valence-electron chi connectivity index (χ2n) is 6.30. The lowest BCUT2D eigenvalue weighted by molar-refractivity contribution is -0.128. The summed E-state index contributed by atoms with van der Waals surface area (Å²) in [6.45, 7) is 2.13. The van der Waals surface area contributed by atoms with Crippen molar-refractivity contribution < 1.29 is 17.6 Å². The number of halogens is 1. The highest BCUT2D eigenvalue weighted by molar-refractivity contribution is 7.89. The molecule has 146 valence electrons. The van der Waals surface area contributed by atoms with E-state index < -0.39 is 10.0 Å². The fourth-order valence-corrected chi connectivity index (χ4v) is 3.74. The van der Waals surface area contributed by atoms with Crippen molar-refractivity contribution in [1.29, 1.82) is 0 Å². The first-order chi connectivity index (χ1) is 12.9. The number of nitrogens with one attached hydrogen (secondary N) is 1. The summed E-state index contributed by atoms with van der Waals surface area (Å²) in [6, 6.07) is 15.8. The zero-order chi connectivity index (χ0) is 19.7. The highest BCUT2D eigenvalue weighted by atomic mass is 32.2. The molecule has 2 aromatic rings. The molecule has 0 saturated heterocycles. The molecular weight excluding hydrogens is 367 g/mol. The van der Waals surface area contributed by atoms with Crippen LogP contribution in [0.25, 0.3) is 0 Å². The van der Waals surface area contributed by atoms with E-state index in [1.807, 2.05) is 30.3 Å². The Morgan fingerprint density at radius 3 is 2.33 bits per heavy atom. The minimum Gasteiger partial charge on any atom is -0.341 e. The molecule has 0 aliphatic heterocycles. The Kier molecular flexibility index (Phi) is 7.94. The number of hydrogen-bond acceptors (Lipinski definition) is 3. The largest absolute Gasteiger partial charge is 0.341 e. The van der Waals surface area contributed by atoms with Crippen LogP contribution in [0, 0.1) is 5.82 Å². The molecule has 2 rings (SSSR count). The molecule has 0 unspecified atom stereocenters. The summed E-state index contributed by atoms with van der Waals surface area (Å²) in [5.74, 6) is -0.482. The van der Waals surface area contributed by atoms with Crippen LogP contribution in [0.2, 0.25) is 0 Å². The Morgan fingerprint density at radius 1 is 1.00 bits per heavy atom. The van der Waals surface area contributed by atoms with Gasteiger partial charge in [-0.3, -0.25) is 4.79 Å². The van der Waals surface area contributed by atoms with Crippen LogP contribution in [0.3, 0.4) is 0 Å². The molecule has 2 aromatic carbocycles. The van der Waals surface area contributed by atoms with Gasteiger partial charge in [0.15, 0.2) is 0 Å². The van der Waals surface area contributed by atoms with Gasteiger partial charge in [0.2, 0.25) is 15.9 Å². The molecule has 5 nitrogen and oxygen atoms in total. The second kappa shape index (κ2) is 10.2. The first-order valence-electron chi connectivity index (χ1n) is 8.87. The van der Waals surface area contributed by atoms with Crippen molar-refractivity contribution in [3.8, 4) is 0 Å². The van der Waals surface area contributed by atoms with E-state index >= 15 is 0 Å². The van der Waals surface area contributed by atoms with Crippen LogP contribution < -0.4 is 4.72 Å². The number of rotatable bonds is 10. The van der Waals surface area contributed by atoms with Gasteiger partial charge in [0.05, 0.1) is 5.75 Å². The molecule has 0 spiro atoms. The summed E-state index contributed by atoms with van der Waals surface area (Å²) >= 11 is 0. The quantitative estimate of drug-likeness (QED) is 0.675. The fraction of sp³-hybridized carbons (Fsp3) is 0.350. The van der Waals surface area contributed by atoms with E-state index in [0.29, 0.717) is 24.9 Å². The molecule has 27 heavy (non-hydrogen) atoms. The molecule has 0 aliphatic carbocycles. The van der Waals surface area contributed by atoms with Crippen molar-refractivity contribution in [2.45, 2.75) is 19.8 Å². The SMILES string of the molecule is CC(=O)N(CCNS(=O)(=O)CCc1ccccc1)CCc1ccccc1F. The predicted octanol–water partition coefficient (Wildman–Crippen LogP) is 2.38. The summed E-state index contributed by atoms with van der Waals surface area (Å²) in [7, 11) is -3.42. The molecule has 0 atom stereocenters. The molecule has 1 N–H and O–H groups in total. The summed E-state index contributed by atoms with van der Waals surface area (Å²) in [6.07, 6.45) is 0.812. The number of carbonyl (C=O) groups excluding carboxylic acids is 1. The number of carbonyl (C=O) groups is 1. The van der Waals surface area contributed by atoms with Crippen LogP contribution in [0.4, 0.5) is 4.39 Å². The van der Waals surface area contributed by atoms with E-state index in [1.54, 1.807) is 18.2 Å². The topological polar surface area (TPSA) is 66.5 Å². The number of sulfonamides is 1. The Labute approximate surface area is 160 Å². The molecule has 7 heteroatoms. The maximum atomic E-state index is 13.7. The molecule has 0 saturated carbocycles. The zero-order valence-corrected chi connectivity index (χ0v) is 16.2. The Balaban J connectivity index is 1.79. The smallest absolute Gasteiger partial charge is 0.219 e. The van der Waals surface area contributed by atoms with E-state index in [2.05, 4.69) is 4.72 Å². The molecule has 0 aliphatic rings. The number of hydrogen-bond donors (Lipinski definition) is 1. The van der Waals surface area contributed by atoms with Crippen LogP contribution in [0.15, 0.2) is 54.6 Å². The normalized spacial score (nSPS) is 11.3. The lowest BCUT2D eigenvalue weighted by atomic mass is 10.1. The van der Waals surface area contributed by atoms with Crippen molar-refractivity contribution in [2.75, 3.05) is 25.4 Å². The number of nitrogens with zero attached hydrogens (tertiary/aromatic N) is 1. The van der Waals surface area contributed by atoms with Gasteiger partial charge in [0.25, 0.3) is 0 Å². The molecule has 0 radical (unpaired) electrons. The van der Waals surface area contributed by atoms with Gasteiger partial charge in [-0.1, -0.05) is 48.5 Å². The van der Waals surface area contributed by atoms with E-state index in [1.165, 1.54) is 17.9 Å². The monoisotopic (exact) mass is 392 g/mol. The van der Waals surface area contributed by atoms with Crippen LogP contribution in [0.5, 0.6) is 0 Å². The van der Waals surface area contributed by atoms with Crippen molar-refractivity contribution in [2.24, 2.45) is 0 Å². The standard InChI is InChI=1S/C20H25FN2O3S/c1-17(24)23(14-11-19-9-5-6-10-20(19)21)15-13-22-27(25,26)16-12-18-7-3-2-4-8-18/h2-10,22H,11-16H2,1H3. The number of amides is 1. The Hall–Kier alpha value is -2.25. The third-order valence-electron chi connectivity index (χ3n) is 4.26. The first kappa shape index (κ1) is 21.1. The van der Waals surface area contributed by atoms with E-state index in [-0.39, 0.29) is 30.6 Å². The van der Waals surface area contributed by atoms with Crippen molar-refractivity contribution in [1.82, 2.24) is 9.62 Å². The number of aryl methyl sites for hydroxylation is 1. The van der Waals surface area contributed by atoms with Gasteiger partial charge in [-0.15, -0.1) is 0 Å². The number of benzene rings is 2. The van der Waals surface area contributed by atoms with E-state index in [0.717, 1.165) is 5.56 Å². The van der Waals surface area contributed by atoms with Crippen LogP contribution in [-0.4, -0.2) is 44.6 Å². The van der Waals surface area contributed by atoms with Gasteiger partial charge in [-0.05, 0) is 30.0 Å². The van der Waals surface area contributed by atoms with Gasteiger partial charge < -0.3 is 4.90 Å². The van der Waals surface area contributed by atoms with Gasteiger partial charge in [0.1, 0.15) is 5.82 Å². The first-order valence-corrected chi connectivity index (χ1v) is 10.5. The molecule has 0 bridgehead atoms. The van der Waals surface area contributed by atoms with Crippen LogP contribution >= 0.6 is 0 Å². The Bertz CT molecular complexity index is 841. The van der Waals surface area contributed by atoms with E-state index in [4.69, 9.17) is 0 Å². The molecular formula is C20H25FN2O3S. The van der Waals surface area contributed by atoms with E-state index in [9.17, 15) is 17.6 Å². The van der Waals surface area contributed by atoms with Gasteiger partial charge >= 0.3 is 0 Å². The maximum absolute atomic E-state index is 13.7. The predicted molar refractivity (Wildman–Crippen MR) is 104 cm³/mol. The van der Waals surface area contributed by atoms with Crippen molar-refractivity contribution in [3.63, 3.8) is 0 Å². The van der Waals surface area contributed by atoms with Crippen LogP contribution in [0.1, 0.15) is 18.1 Å². The summed E-state index contributed by atoms with van der Waals surface area (Å²) in [5.41, 5.74) is 1.49. The summed E-state index contributed by atoms with van der Waals surface area (Å²) in [5, 5.41) is 0. The average molecular weight is 392 g/mol. The molecule has 0 fully saturated rings. The minimum atomic E-state index is -3.42. The highest BCUT2D eigenvalue weighted by Crippen LogP contribution is 2.08. The maximum Gasteiger partial charge on any atom is 0.219 e. The fourth-order valence-electron chi connectivity index (χ4n) is 2.69. The highest BCUT2D eigenvalue weighted by Gasteiger charge is 2.13. The summed E-state index contributed by atoms with van der Waals surface area (Å²) < 4.78 is 40.4. The lowest BCUT2D eigenvalue weighted by Crippen LogP contribution is -2.39. The van der Waals surface area contributed by atoms with Crippen molar-refractivity contribution in [3.05, 3.63) is 71.5 Å². The van der Waals surface area contributed by atoms with Gasteiger partial charge in [0, 0.05) is 26.6 Å². The van der Waals surface area contributed by atoms with Crippen molar-refractivity contribution >= 4 is 15.9 Å². The third-order valence-corrected chi connectivity index (χ3v) is 5.65. The summed E-state index contributed by atoms with van der Waals surface area (Å²) in [4.78, 5) is 13.3. The Morgan fingerprint density at radius 2 is 1.67 bits per heavy atom. The third kappa shape index (κ3) is 7.48.